The highest BCUT2D eigenvalue weighted by Crippen LogP contribution is 2.38. The molecule has 2 aromatic carbocycles. The molecule has 5 heterocycles. The second kappa shape index (κ2) is 8.17. The number of fused-ring (bicyclic) bond motifs is 16. The molecular weight excluding hydrogens is 460 g/mol. The van der Waals surface area contributed by atoms with E-state index in [4.69, 9.17) is 15.0 Å². The zero-order valence-electron chi connectivity index (χ0n) is 19.6. The van der Waals surface area contributed by atoms with Gasteiger partial charge >= 0.3 is 0 Å². The molecule has 12 bridgehead atoms. The van der Waals surface area contributed by atoms with Crippen molar-refractivity contribution in [3.63, 3.8) is 0 Å². The molecule has 37 heavy (non-hydrogen) atoms. The molecule has 5 aromatic rings. The lowest BCUT2D eigenvalue weighted by atomic mass is 10.0. The largest absolute Gasteiger partial charge is 0.507 e. The lowest BCUT2D eigenvalue weighted by molar-refractivity contribution is 0.476. The molecule has 3 aromatic heterocycles. The predicted octanol–water partition coefficient (Wildman–Crippen LogP) is 6.60. The first-order chi connectivity index (χ1) is 18.1. The molecule has 0 amide bonds. The standard InChI is InChI=1S/C31H20N4O2/c36-30-20-5-1-7-22(30)26-15-13-18(32-26)17-19-14-16-27(33-19)23-8-2-6-21(31(23)37)25-10-4-12-29(35-25)28-11-3-9-24(20)34-28/h1-17,32,36-37H/b19-17-. The van der Waals surface area contributed by atoms with E-state index in [1.165, 1.54) is 0 Å². The number of rotatable bonds is 0. The lowest BCUT2D eigenvalue weighted by Gasteiger charge is -2.11. The summed E-state index contributed by atoms with van der Waals surface area (Å²) in [6.07, 6.45) is 5.73. The Kier molecular flexibility index (Phi) is 4.66. The van der Waals surface area contributed by atoms with Gasteiger partial charge in [0.25, 0.3) is 0 Å². The molecule has 0 aliphatic carbocycles. The van der Waals surface area contributed by atoms with E-state index in [0.717, 1.165) is 17.1 Å². The molecule has 0 unspecified atom stereocenters. The van der Waals surface area contributed by atoms with Crippen LogP contribution in [0.15, 0.2) is 108 Å². The van der Waals surface area contributed by atoms with Gasteiger partial charge in [0.15, 0.2) is 0 Å². The summed E-state index contributed by atoms with van der Waals surface area (Å²) in [6.45, 7) is 0. The van der Waals surface area contributed by atoms with Crippen LogP contribution < -0.4 is 0 Å². The Morgan fingerprint density at radius 3 is 1.81 bits per heavy atom. The number of hydrogen-bond acceptors (Lipinski definition) is 5. The zero-order chi connectivity index (χ0) is 24.9. The van der Waals surface area contributed by atoms with Crippen LogP contribution in [0.25, 0.3) is 51.2 Å². The van der Waals surface area contributed by atoms with Gasteiger partial charge in [0.1, 0.15) is 11.5 Å². The number of para-hydroxylation sites is 2. The van der Waals surface area contributed by atoms with Crippen molar-refractivity contribution in [2.75, 3.05) is 0 Å². The first-order valence-corrected chi connectivity index (χ1v) is 11.9. The molecule has 7 rings (SSSR count). The van der Waals surface area contributed by atoms with Gasteiger partial charge in [-0.05, 0) is 78.9 Å². The van der Waals surface area contributed by atoms with Crippen molar-refractivity contribution in [2.45, 2.75) is 0 Å². The Bertz CT molecular complexity index is 1810. The molecule has 2 aliphatic heterocycles. The molecular formula is C31H20N4O2. The first kappa shape index (κ1) is 21.1. The van der Waals surface area contributed by atoms with E-state index in [1.807, 2.05) is 103 Å². The number of aromatic nitrogens is 3. The fourth-order valence-electron chi connectivity index (χ4n) is 4.80. The smallest absolute Gasteiger partial charge is 0.134 e. The van der Waals surface area contributed by atoms with Gasteiger partial charge in [-0.3, -0.25) is 0 Å². The number of phenols is 2. The summed E-state index contributed by atoms with van der Waals surface area (Å²) in [5.74, 6) is 0.273. The second-order valence-corrected chi connectivity index (χ2v) is 8.95. The summed E-state index contributed by atoms with van der Waals surface area (Å²) >= 11 is 0. The number of aliphatic imine (C=N–C) groups is 1. The number of nitrogens with one attached hydrogen (secondary N) is 1. The quantitative estimate of drug-likeness (QED) is 0.233. The molecule has 0 saturated carbocycles. The van der Waals surface area contributed by atoms with Gasteiger partial charge in [0, 0.05) is 33.6 Å². The molecule has 0 fully saturated rings. The average Bonchev–Trinajstić information content (AvgIpc) is 3.59. The van der Waals surface area contributed by atoms with Crippen molar-refractivity contribution in [1.82, 2.24) is 15.0 Å². The monoisotopic (exact) mass is 480 g/mol. The van der Waals surface area contributed by atoms with E-state index in [2.05, 4.69) is 4.98 Å². The maximum atomic E-state index is 11.2. The van der Waals surface area contributed by atoms with Gasteiger partial charge < -0.3 is 15.2 Å². The van der Waals surface area contributed by atoms with Crippen LogP contribution in [-0.2, 0) is 0 Å². The lowest BCUT2D eigenvalue weighted by Crippen LogP contribution is -1.97. The molecule has 0 radical (unpaired) electrons. The predicted molar refractivity (Wildman–Crippen MR) is 145 cm³/mol. The van der Waals surface area contributed by atoms with Gasteiger partial charge in [0.05, 0.1) is 34.2 Å². The van der Waals surface area contributed by atoms with E-state index in [9.17, 15) is 10.2 Å². The zero-order valence-corrected chi connectivity index (χ0v) is 19.6. The molecule has 0 saturated heterocycles. The maximum absolute atomic E-state index is 11.2. The van der Waals surface area contributed by atoms with E-state index in [-0.39, 0.29) is 11.5 Å². The van der Waals surface area contributed by atoms with Crippen LogP contribution in [0.3, 0.4) is 0 Å². The van der Waals surface area contributed by atoms with Gasteiger partial charge in [0.2, 0.25) is 0 Å². The number of H-pyrrole nitrogens is 1. The topological polar surface area (TPSA) is 94.4 Å². The molecule has 6 heteroatoms. The molecule has 6 nitrogen and oxygen atoms in total. The van der Waals surface area contributed by atoms with Crippen molar-refractivity contribution >= 4 is 11.8 Å². The van der Waals surface area contributed by atoms with Crippen LogP contribution in [0.2, 0.25) is 0 Å². The third kappa shape index (κ3) is 3.54. The summed E-state index contributed by atoms with van der Waals surface area (Å²) in [5, 5.41) is 22.5. The Morgan fingerprint density at radius 1 is 0.541 bits per heavy atom. The molecule has 2 aliphatic rings. The number of aromatic amines is 1. The maximum Gasteiger partial charge on any atom is 0.134 e. The van der Waals surface area contributed by atoms with Gasteiger partial charge in [-0.25, -0.2) is 15.0 Å². The molecule has 0 spiro atoms. The summed E-state index contributed by atoms with van der Waals surface area (Å²) in [5.41, 5.74) is 8.20. The van der Waals surface area contributed by atoms with Gasteiger partial charge in [-0.2, -0.15) is 0 Å². The summed E-state index contributed by atoms with van der Waals surface area (Å²) in [7, 11) is 0. The third-order valence-electron chi connectivity index (χ3n) is 6.62. The molecule has 176 valence electrons. The minimum atomic E-state index is 0.125. The van der Waals surface area contributed by atoms with Crippen LogP contribution in [0.5, 0.6) is 11.5 Å². The summed E-state index contributed by atoms with van der Waals surface area (Å²) in [4.78, 5) is 17.8. The number of pyridine rings is 2. The highest BCUT2D eigenvalue weighted by Gasteiger charge is 2.18. The third-order valence-corrected chi connectivity index (χ3v) is 6.62. The van der Waals surface area contributed by atoms with E-state index < -0.39 is 0 Å². The normalized spacial score (nSPS) is 14.7. The van der Waals surface area contributed by atoms with Crippen molar-refractivity contribution in [3.8, 4) is 56.7 Å². The number of phenolic OH excluding ortho intramolecular Hbond substituents is 2. The van der Waals surface area contributed by atoms with E-state index >= 15 is 0 Å². The van der Waals surface area contributed by atoms with Gasteiger partial charge in [-0.15, -0.1) is 0 Å². The minimum absolute atomic E-state index is 0.125. The van der Waals surface area contributed by atoms with E-state index in [1.54, 1.807) is 0 Å². The van der Waals surface area contributed by atoms with Crippen LogP contribution in [0.1, 0.15) is 11.3 Å². The van der Waals surface area contributed by atoms with Crippen molar-refractivity contribution in [3.05, 3.63) is 114 Å². The van der Waals surface area contributed by atoms with Crippen LogP contribution in [0, 0.1) is 0 Å². The highest BCUT2D eigenvalue weighted by atomic mass is 16.3. The average molecular weight is 481 g/mol. The van der Waals surface area contributed by atoms with Crippen molar-refractivity contribution < 1.29 is 10.2 Å². The fourth-order valence-corrected chi connectivity index (χ4v) is 4.80. The number of allylic oxidation sites excluding steroid dienone is 2. The number of hydrogen-bond donors (Lipinski definition) is 3. The summed E-state index contributed by atoms with van der Waals surface area (Å²) < 4.78 is 0. The Hall–Kier alpha value is -5.23. The highest BCUT2D eigenvalue weighted by molar-refractivity contribution is 6.14. The number of benzene rings is 2. The minimum Gasteiger partial charge on any atom is -0.507 e. The summed E-state index contributed by atoms with van der Waals surface area (Å²) in [6, 6.07) is 26.4. The van der Waals surface area contributed by atoms with Crippen LogP contribution in [-0.4, -0.2) is 30.9 Å². The van der Waals surface area contributed by atoms with Crippen LogP contribution in [0.4, 0.5) is 0 Å². The first-order valence-electron chi connectivity index (χ1n) is 11.9. The van der Waals surface area contributed by atoms with Crippen molar-refractivity contribution in [2.24, 2.45) is 4.99 Å². The van der Waals surface area contributed by atoms with E-state index in [0.29, 0.717) is 50.7 Å². The number of nitrogens with zero attached hydrogens (tertiary/aromatic N) is 3. The Labute approximate surface area is 212 Å². The Morgan fingerprint density at radius 2 is 1.11 bits per heavy atom. The molecule has 0 atom stereocenters. The fraction of sp³-hybridized carbons (Fsp3) is 0. The Balaban J connectivity index is 1.50. The molecule has 3 N–H and O–H groups in total. The second-order valence-electron chi connectivity index (χ2n) is 8.95. The van der Waals surface area contributed by atoms with Crippen molar-refractivity contribution in [1.29, 1.82) is 0 Å². The number of aromatic hydroxyl groups is 2. The van der Waals surface area contributed by atoms with Crippen LogP contribution >= 0.6 is 0 Å². The SMILES string of the molecule is Oc1c2cccc1-c1cccc(n1)-c1cccc(n1)-c1cccc(c1O)-c1ccc([nH]1)/C=C1/C=CC2=N1. The van der Waals surface area contributed by atoms with Gasteiger partial charge in [-0.1, -0.05) is 24.3 Å².